The van der Waals surface area contributed by atoms with E-state index in [0.717, 1.165) is 35.4 Å². The van der Waals surface area contributed by atoms with E-state index >= 15 is 0 Å². The lowest BCUT2D eigenvalue weighted by Gasteiger charge is -2.31. The van der Waals surface area contributed by atoms with Crippen LogP contribution in [-0.2, 0) is 29.0 Å². The number of carbonyl (C=O) groups is 2. The fourth-order valence-corrected chi connectivity index (χ4v) is 4.32. The molecule has 2 amide bonds. The van der Waals surface area contributed by atoms with Gasteiger partial charge >= 0.3 is 0 Å². The molecule has 0 atom stereocenters. The first kappa shape index (κ1) is 24.0. The zero-order valence-corrected chi connectivity index (χ0v) is 20.6. The van der Waals surface area contributed by atoms with Gasteiger partial charge in [-0.15, -0.1) is 0 Å². The average Bonchev–Trinajstić information content (AvgIpc) is 2.68. The summed E-state index contributed by atoms with van der Waals surface area (Å²) < 4.78 is 0. The number of pyridine rings is 1. The van der Waals surface area contributed by atoms with Gasteiger partial charge in [0.1, 0.15) is 0 Å². The Balaban J connectivity index is 2.24. The molecule has 2 aromatic rings. The van der Waals surface area contributed by atoms with Crippen LogP contribution in [0.15, 0.2) is 24.3 Å². The van der Waals surface area contributed by atoms with Crippen LogP contribution in [0.1, 0.15) is 62.7 Å². The van der Waals surface area contributed by atoms with Gasteiger partial charge in [-0.3, -0.25) is 14.6 Å². The van der Waals surface area contributed by atoms with E-state index in [-0.39, 0.29) is 30.3 Å². The molecule has 0 aliphatic carbocycles. The topological polar surface area (TPSA) is 62.3 Å². The highest BCUT2D eigenvalue weighted by Crippen LogP contribution is 2.37. The van der Waals surface area contributed by atoms with Gasteiger partial charge in [0.2, 0.25) is 11.8 Å². The first-order valence-electron chi connectivity index (χ1n) is 11.6. The fraction of sp³-hybridized carbons (Fsp3) is 0.519. The Morgan fingerprint density at radius 3 is 2.31 bits per heavy atom. The first-order valence-corrected chi connectivity index (χ1v) is 11.6. The first-order chi connectivity index (χ1) is 14.9. The molecular weight excluding hydrogens is 398 g/mol. The molecular formula is C27H37N3O2. The highest BCUT2D eigenvalue weighted by atomic mass is 16.2. The van der Waals surface area contributed by atoms with Crippen molar-refractivity contribution in [1.82, 2.24) is 15.2 Å². The van der Waals surface area contributed by atoms with Gasteiger partial charge in [-0.2, -0.15) is 0 Å². The van der Waals surface area contributed by atoms with Crippen molar-refractivity contribution in [3.8, 4) is 11.1 Å². The van der Waals surface area contributed by atoms with E-state index in [2.05, 4.69) is 71.1 Å². The minimum absolute atomic E-state index is 0.0533. The van der Waals surface area contributed by atoms with Gasteiger partial charge in [-0.05, 0) is 54.7 Å². The third-order valence-corrected chi connectivity index (χ3v) is 5.81. The third-order valence-electron chi connectivity index (χ3n) is 5.81. The van der Waals surface area contributed by atoms with E-state index in [9.17, 15) is 9.59 Å². The largest absolute Gasteiger partial charge is 0.345 e. The molecule has 32 heavy (non-hydrogen) atoms. The summed E-state index contributed by atoms with van der Waals surface area (Å²) in [4.78, 5) is 31.3. The van der Waals surface area contributed by atoms with Crippen molar-refractivity contribution < 1.29 is 9.59 Å². The molecule has 1 saturated heterocycles. The Morgan fingerprint density at radius 2 is 1.72 bits per heavy atom. The molecule has 0 saturated carbocycles. The quantitative estimate of drug-likeness (QED) is 0.721. The molecule has 3 rings (SSSR count). The van der Waals surface area contributed by atoms with Crippen molar-refractivity contribution in [1.29, 1.82) is 0 Å². The number of rotatable bonds is 6. The normalized spacial score (nSPS) is 14.8. The number of aryl methyl sites for hydroxylation is 2. The highest BCUT2D eigenvalue weighted by molar-refractivity contribution is 5.92. The third kappa shape index (κ3) is 5.76. The molecule has 1 N–H and O–H groups in total. The van der Waals surface area contributed by atoms with Crippen LogP contribution >= 0.6 is 0 Å². The summed E-state index contributed by atoms with van der Waals surface area (Å²) in [6.45, 7) is 15.9. The molecule has 5 nitrogen and oxygen atoms in total. The molecule has 1 aliphatic rings. The van der Waals surface area contributed by atoms with Crippen molar-refractivity contribution in [2.45, 2.75) is 67.9 Å². The molecule has 0 bridgehead atoms. The zero-order chi connectivity index (χ0) is 23.6. The summed E-state index contributed by atoms with van der Waals surface area (Å²) in [5.41, 5.74) is 8.02. The number of nitrogens with zero attached hydrogens (tertiary/aromatic N) is 2. The van der Waals surface area contributed by atoms with Crippen LogP contribution in [-0.4, -0.2) is 34.8 Å². The van der Waals surface area contributed by atoms with E-state index < -0.39 is 0 Å². The number of hydrogen-bond donors (Lipinski definition) is 1. The Labute approximate surface area is 192 Å². The van der Waals surface area contributed by atoms with Gasteiger partial charge in [0.25, 0.3) is 0 Å². The lowest BCUT2D eigenvalue weighted by atomic mass is 9.81. The Hall–Kier alpha value is -2.69. The molecule has 1 aliphatic heterocycles. The van der Waals surface area contributed by atoms with E-state index in [1.54, 1.807) is 4.90 Å². The van der Waals surface area contributed by atoms with E-state index in [1.165, 1.54) is 16.7 Å². The number of amides is 2. The predicted molar refractivity (Wildman–Crippen MR) is 129 cm³/mol. The monoisotopic (exact) mass is 435 g/mol. The van der Waals surface area contributed by atoms with E-state index in [0.29, 0.717) is 12.5 Å². The summed E-state index contributed by atoms with van der Waals surface area (Å²) in [6, 6.07) is 8.61. The second-order valence-electron chi connectivity index (χ2n) is 10.7. The van der Waals surface area contributed by atoms with Crippen LogP contribution in [0.4, 0.5) is 0 Å². The van der Waals surface area contributed by atoms with Gasteiger partial charge in [0, 0.05) is 23.5 Å². The molecule has 1 aromatic heterocycles. The van der Waals surface area contributed by atoms with Crippen molar-refractivity contribution in [3.63, 3.8) is 0 Å². The Morgan fingerprint density at radius 1 is 1.06 bits per heavy atom. The number of piperazine rings is 1. The molecule has 0 radical (unpaired) electrons. The van der Waals surface area contributed by atoms with Crippen LogP contribution in [0.5, 0.6) is 0 Å². The van der Waals surface area contributed by atoms with Gasteiger partial charge in [0.05, 0.1) is 13.1 Å². The maximum absolute atomic E-state index is 12.6. The number of carbonyl (C=O) groups excluding carboxylic acids is 2. The molecule has 172 valence electrons. The zero-order valence-electron chi connectivity index (χ0n) is 20.6. The second-order valence-corrected chi connectivity index (χ2v) is 10.7. The van der Waals surface area contributed by atoms with Crippen molar-refractivity contribution in [3.05, 3.63) is 52.3 Å². The van der Waals surface area contributed by atoms with Gasteiger partial charge < -0.3 is 10.2 Å². The standard InChI is InChI=1S/C27H37N3O2/c1-17(2)12-23-21(13-27(5,6)7)26(20-10-8-18(3)9-11-20)22(19(4)29-23)15-30-16-24(31)28-14-25(30)32/h8-11,17H,12-16H2,1-7H3,(H,28,31). The number of nitrogens with one attached hydrogen (secondary N) is 1. The molecule has 1 fully saturated rings. The predicted octanol–water partition coefficient (Wildman–Crippen LogP) is 4.61. The summed E-state index contributed by atoms with van der Waals surface area (Å²) in [5.74, 6) is 0.325. The molecule has 0 spiro atoms. The van der Waals surface area contributed by atoms with Crippen LogP contribution < -0.4 is 5.32 Å². The van der Waals surface area contributed by atoms with Crippen molar-refractivity contribution >= 4 is 11.8 Å². The van der Waals surface area contributed by atoms with E-state index in [1.807, 2.05) is 6.92 Å². The molecule has 5 heteroatoms. The second kappa shape index (κ2) is 9.43. The SMILES string of the molecule is Cc1ccc(-c2c(CN3CC(=O)NCC3=O)c(C)nc(CC(C)C)c2CC(C)(C)C)cc1. The van der Waals surface area contributed by atoms with Crippen molar-refractivity contribution in [2.75, 3.05) is 13.1 Å². The maximum atomic E-state index is 12.6. The summed E-state index contributed by atoms with van der Waals surface area (Å²) in [7, 11) is 0. The summed E-state index contributed by atoms with van der Waals surface area (Å²) >= 11 is 0. The summed E-state index contributed by atoms with van der Waals surface area (Å²) in [6.07, 6.45) is 1.81. The lowest BCUT2D eigenvalue weighted by molar-refractivity contribution is -0.141. The Bertz CT molecular complexity index is 1000. The van der Waals surface area contributed by atoms with Crippen LogP contribution in [0.25, 0.3) is 11.1 Å². The smallest absolute Gasteiger partial charge is 0.242 e. The Kier molecular flexibility index (Phi) is 7.06. The van der Waals surface area contributed by atoms with Gasteiger partial charge in [-0.25, -0.2) is 0 Å². The molecule has 1 aromatic carbocycles. The summed E-state index contributed by atoms with van der Waals surface area (Å²) in [5, 5.41) is 2.64. The molecule has 0 unspecified atom stereocenters. The molecule has 2 heterocycles. The number of hydrogen-bond acceptors (Lipinski definition) is 3. The van der Waals surface area contributed by atoms with Crippen LogP contribution in [0.3, 0.4) is 0 Å². The lowest BCUT2D eigenvalue weighted by Crippen LogP contribution is -2.51. The fourth-order valence-electron chi connectivity index (χ4n) is 4.32. The number of benzene rings is 1. The van der Waals surface area contributed by atoms with Crippen LogP contribution in [0.2, 0.25) is 0 Å². The van der Waals surface area contributed by atoms with Crippen LogP contribution in [0, 0.1) is 25.2 Å². The van der Waals surface area contributed by atoms with Gasteiger partial charge in [-0.1, -0.05) is 64.4 Å². The highest BCUT2D eigenvalue weighted by Gasteiger charge is 2.28. The number of aromatic nitrogens is 1. The average molecular weight is 436 g/mol. The van der Waals surface area contributed by atoms with Crippen molar-refractivity contribution in [2.24, 2.45) is 11.3 Å². The minimum atomic E-state index is -0.113. The van der Waals surface area contributed by atoms with E-state index in [4.69, 9.17) is 4.98 Å². The maximum Gasteiger partial charge on any atom is 0.242 e. The minimum Gasteiger partial charge on any atom is -0.345 e. The van der Waals surface area contributed by atoms with Gasteiger partial charge in [0.15, 0.2) is 0 Å².